The van der Waals surface area contributed by atoms with Gasteiger partial charge in [0, 0.05) is 19.6 Å². The fraction of sp³-hybridized carbons (Fsp3) is 1.00. The summed E-state index contributed by atoms with van der Waals surface area (Å²) in [6.07, 6.45) is -3.40. The first kappa shape index (κ1) is 16.7. The molecule has 0 aromatic heterocycles. The molecule has 0 aromatic carbocycles. The highest BCUT2D eigenvalue weighted by molar-refractivity contribution is 4.91. The van der Waals surface area contributed by atoms with E-state index in [0.717, 1.165) is 0 Å². The Balaban J connectivity index is 4.68. The van der Waals surface area contributed by atoms with Crippen molar-refractivity contribution in [3.05, 3.63) is 0 Å². The largest absolute Gasteiger partial charge is 0.389 e. The molecule has 5 heteroatoms. The Morgan fingerprint density at radius 1 is 1.12 bits per heavy atom. The van der Waals surface area contributed by atoms with Crippen LogP contribution >= 0.6 is 0 Å². The molecule has 0 bridgehead atoms. The Bertz CT molecular complexity index is 194. The lowest BCUT2D eigenvalue weighted by molar-refractivity contribution is -0.142. The van der Waals surface area contributed by atoms with Crippen molar-refractivity contribution in [2.75, 3.05) is 13.7 Å². The van der Waals surface area contributed by atoms with E-state index in [2.05, 4.69) is 5.32 Å². The second kappa shape index (κ2) is 7.21. The van der Waals surface area contributed by atoms with Gasteiger partial charge in [-0.05, 0) is 25.8 Å². The standard InChI is InChI=1S/C12H24F3NO/c1-5-11(6-2,17-4)10(16-7-3)8-9-12(13,14)15/h10,16H,5-9H2,1-4H3. The van der Waals surface area contributed by atoms with Crippen molar-refractivity contribution in [1.29, 1.82) is 0 Å². The number of nitrogens with one attached hydrogen (secondary N) is 1. The van der Waals surface area contributed by atoms with Gasteiger partial charge in [-0.2, -0.15) is 13.2 Å². The highest BCUT2D eigenvalue weighted by Gasteiger charge is 2.38. The second-order valence-corrected chi connectivity index (χ2v) is 4.24. The Labute approximate surface area is 102 Å². The van der Waals surface area contributed by atoms with E-state index in [-0.39, 0.29) is 12.5 Å². The minimum absolute atomic E-state index is 0.0624. The van der Waals surface area contributed by atoms with Crippen molar-refractivity contribution in [3.63, 3.8) is 0 Å². The van der Waals surface area contributed by atoms with E-state index in [1.807, 2.05) is 20.8 Å². The van der Waals surface area contributed by atoms with Gasteiger partial charge in [-0.1, -0.05) is 20.8 Å². The van der Waals surface area contributed by atoms with Crippen LogP contribution in [0.4, 0.5) is 13.2 Å². The number of hydrogen-bond donors (Lipinski definition) is 1. The van der Waals surface area contributed by atoms with Gasteiger partial charge in [-0.15, -0.1) is 0 Å². The zero-order valence-electron chi connectivity index (χ0n) is 11.2. The Morgan fingerprint density at radius 2 is 1.65 bits per heavy atom. The van der Waals surface area contributed by atoms with E-state index in [1.54, 1.807) is 7.11 Å². The first-order chi connectivity index (χ1) is 7.85. The van der Waals surface area contributed by atoms with Gasteiger partial charge in [0.05, 0.1) is 5.60 Å². The van der Waals surface area contributed by atoms with Crippen LogP contribution in [0.15, 0.2) is 0 Å². The first-order valence-corrected chi connectivity index (χ1v) is 6.20. The molecule has 0 spiro atoms. The lowest BCUT2D eigenvalue weighted by Crippen LogP contribution is -2.51. The Morgan fingerprint density at radius 3 is 1.94 bits per heavy atom. The molecular weight excluding hydrogens is 231 g/mol. The van der Waals surface area contributed by atoms with Gasteiger partial charge < -0.3 is 10.1 Å². The van der Waals surface area contributed by atoms with E-state index >= 15 is 0 Å². The normalized spacial score (nSPS) is 15.0. The lowest BCUT2D eigenvalue weighted by Gasteiger charge is -2.39. The highest BCUT2D eigenvalue weighted by atomic mass is 19.4. The number of halogens is 3. The quantitative estimate of drug-likeness (QED) is 0.716. The molecule has 0 fully saturated rings. The maximum atomic E-state index is 12.3. The monoisotopic (exact) mass is 255 g/mol. The molecule has 0 radical (unpaired) electrons. The van der Waals surface area contributed by atoms with Crippen LogP contribution in [0.2, 0.25) is 0 Å². The van der Waals surface area contributed by atoms with Crippen LogP contribution in [0.1, 0.15) is 46.5 Å². The van der Waals surface area contributed by atoms with Crippen molar-refractivity contribution >= 4 is 0 Å². The minimum Gasteiger partial charge on any atom is -0.377 e. The molecule has 17 heavy (non-hydrogen) atoms. The minimum atomic E-state index is -4.10. The molecule has 0 rings (SSSR count). The number of methoxy groups -OCH3 is 1. The van der Waals surface area contributed by atoms with E-state index in [0.29, 0.717) is 19.4 Å². The maximum absolute atomic E-state index is 12.3. The Hall–Kier alpha value is -0.290. The van der Waals surface area contributed by atoms with Gasteiger partial charge in [0.25, 0.3) is 0 Å². The zero-order valence-corrected chi connectivity index (χ0v) is 11.2. The van der Waals surface area contributed by atoms with Crippen LogP contribution < -0.4 is 5.32 Å². The van der Waals surface area contributed by atoms with Gasteiger partial charge in [0.2, 0.25) is 0 Å². The molecule has 0 saturated carbocycles. The third kappa shape index (κ3) is 5.25. The summed E-state index contributed by atoms with van der Waals surface area (Å²) in [6.45, 7) is 6.44. The molecule has 0 aliphatic heterocycles. The topological polar surface area (TPSA) is 21.3 Å². The summed E-state index contributed by atoms with van der Waals surface area (Å²) in [6, 6.07) is -0.255. The number of rotatable bonds is 8. The molecule has 0 saturated heterocycles. The average molecular weight is 255 g/mol. The predicted octanol–water partition coefficient (Wildman–Crippen LogP) is 3.51. The Kier molecular flexibility index (Phi) is 7.09. The average Bonchev–Trinajstić information content (AvgIpc) is 2.27. The molecule has 2 nitrogen and oxygen atoms in total. The van der Waals surface area contributed by atoms with Crippen molar-refractivity contribution in [1.82, 2.24) is 5.32 Å². The van der Waals surface area contributed by atoms with Crippen LogP contribution in [0, 0.1) is 0 Å². The van der Waals surface area contributed by atoms with Crippen molar-refractivity contribution in [2.24, 2.45) is 0 Å². The molecule has 0 aliphatic carbocycles. The van der Waals surface area contributed by atoms with E-state index in [1.165, 1.54) is 0 Å². The number of alkyl halides is 3. The number of ether oxygens (including phenoxy) is 1. The molecule has 104 valence electrons. The fourth-order valence-corrected chi connectivity index (χ4v) is 2.28. The summed E-state index contributed by atoms with van der Waals surface area (Å²) in [4.78, 5) is 0. The molecular formula is C12H24F3NO. The molecule has 1 atom stereocenters. The van der Waals surface area contributed by atoms with Crippen molar-refractivity contribution in [2.45, 2.75) is 64.3 Å². The molecule has 1 unspecified atom stereocenters. The van der Waals surface area contributed by atoms with Gasteiger partial charge in [0.1, 0.15) is 0 Å². The summed E-state index contributed by atoms with van der Waals surface area (Å²) in [5.74, 6) is 0. The molecule has 1 N–H and O–H groups in total. The summed E-state index contributed by atoms with van der Waals surface area (Å²) < 4.78 is 42.3. The van der Waals surface area contributed by atoms with E-state index in [4.69, 9.17) is 4.74 Å². The third-order valence-corrected chi connectivity index (χ3v) is 3.41. The van der Waals surface area contributed by atoms with Gasteiger partial charge >= 0.3 is 6.18 Å². The zero-order chi connectivity index (χ0) is 13.5. The highest BCUT2D eigenvalue weighted by Crippen LogP contribution is 2.30. The number of likely N-dealkylation sites (N-methyl/N-ethyl adjacent to an activating group) is 1. The summed E-state index contributed by atoms with van der Waals surface area (Å²) in [5, 5.41) is 3.12. The van der Waals surface area contributed by atoms with Crippen LogP contribution in [-0.2, 0) is 4.74 Å². The third-order valence-electron chi connectivity index (χ3n) is 3.41. The molecule has 0 heterocycles. The molecule has 0 amide bonds. The maximum Gasteiger partial charge on any atom is 0.389 e. The van der Waals surface area contributed by atoms with E-state index < -0.39 is 18.2 Å². The predicted molar refractivity (Wildman–Crippen MR) is 63.1 cm³/mol. The summed E-state index contributed by atoms with van der Waals surface area (Å²) in [5.41, 5.74) is -0.499. The van der Waals surface area contributed by atoms with Crippen LogP contribution in [0.3, 0.4) is 0 Å². The lowest BCUT2D eigenvalue weighted by atomic mass is 9.85. The number of hydrogen-bond acceptors (Lipinski definition) is 2. The summed E-state index contributed by atoms with van der Waals surface area (Å²) >= 11 is 0. The van der Waals surface area contributed by atoms with Gasteiger partial charge in [-0.3, -0.25) is 0 Å². The SMILES string of the molecule is CCNC(CCC(F)(F)F)C(CC)(CC)OC. The van der Waals surface area contributed by atoms with Crippen molar-refractivity contribution < 1.29 is 17.9 Å². The van der Waals surface area contributed by atoms with Crippen LogP contribution in [0.25, 0.3) is 0 Å². The molecule has 0 aliphatic rings. The fourth-order valence-electron chi connectivity index (χ4n) is 2.28. The van der Waals surface area contributed by atoms with E-state index in [9.17, 15) is 13.2 Å². The van der Waals surface area contributed by atoms with Crippen LogP contribution in [0.5, 0.6) is 0 Å². The molecule has 0 aromatic rings. The summed E-state index contributed by atoms with van der Waals surface area (Å²) in [7, 11) is 1.57. The second-order valence-electron chi connectivity index (χ2n) is 4.24. The smallest absolute Gasteiger partial charge is 0.377 e. The first-order valence-electron chi connectivity index (χ1n) is 6.20. The van der Waals surface area contributed by atoms with Gasteiger partial charge in [-0.25, -0.2) is 0 Å². The van der Waals surface area contributed by atoms with Gasteiger partial charge in [0.15, 0.2) is 0 Å². The van der Waals surface area contributed by atoms with Crippen LogP contribution in [-0.4, -0.2) is 31.5 Å². The van der Waals surface area contributed by atoms with Crippen molar-refractivity contribution in [3.8, 4) is 0 Å².